The van der Waals surface area contributed by atoms with Crippen molar-refractivity contribution in [2.45, 2.75) is 24.8 Å². The minimum absolute atomic E-state index is 0.228. The van der Waals surface area contributed by atoms with Gasteiger partial charge in [0, 0.05) is 13.6 Å². The summed E-state index contributed by atoms with van der Waals surface area (Å²) in [6, 6.07) is 20.5. The molecule has 0 amide bonds. The van der Waals surface area contributed by atoms with Crippen molar-refractivity contribution in [2.75, 3.05) is 16.7 Å². The fourth-order valence-electron chi connectivity index (χ4n) is 2.72. The summed E-state index contributed by atoms with van der Waals surface area (Å²) in [6.45, 7) is 2.78. The van der Waals surface area contributed by atoms with Crippen LogP contribution in [0.5, 0.6) is 0 Å². The number of sulfonamides is 1. The number of anilines is 2. The Bertz CT molecular complexity index is 970. The molecule has 0 bridgehead atoms. The molecule has 3 aromatic rings. The van der Waals surface area contributed by atoms with Gasteiger partial charge < -0.3 is 4.90 Å². The van der Waals surface area contributed by atoms with Gasteiger partial charge >= 0.3 is 0 Å². The molecule has 0 spiro atoms. The second-order valence-electron chi connectivity index (χ2n) is 6.35. The molecule has 1 N–H and O–H groups in total. The molecule has 0 aliphatic carbocycles. The van der Waals surface area contributed by atoms with Crippen LogP contribution in [0, 0.1) is 0 Å². The first-order valence-electron chi connectivity index (χ1n) is 8.81. The highest BCUT2D eigenvalue weighted by Gasteiger charge is 2.15. The SMILES string of the molecule is CCc1ccc(S(=O)(=O)Nc2ccc(N(C)Cc3ccccc3)cn2)cc1. The number of aromatic nitrogens is 1. The highest BCUT2D eigenvalue weighted by Crippen LogP contribution is 2.19. The van der Waals surface area contributed by atoms with Gasteiger partial charge in [0.05, 0.1) is 16.8 Å². The Hall–Kier alpha value is -2.86. The summed E-state index contributed by atoms with van der Waals surface area (Å²) >= 11 is 0. The largest absolute Gasteiger partial charge is 0.369 e. The van der Waals surface area contributed by atoms with Gasteiger partial charge in [0.25, 0.3) is 10.0 Å². The van der Waals surface area contributed by atoms with Crippen LogP contribution in [0.2, 0.25) is 0 Å². The normalized spacial score (nSPS) is 11.2. The zero-order chi connectivity index (χ0) is 19.3. The van der Waals surface area contributed by atoms with Crippen molar-refractivity contribution in [3.8, 4) is 0 Å². The van der Waals surface area contributed by atoms with Crippen LogP contribution in [-0.2, 0) is 23.0 Å². The Kier molecular flexibility index (Phi) is 5.76. The van der Waals surface area contributed by atoms with E-state index in [1.807, 2.05) is 50.4 Å². The maximum atomic E-state index is 12.5. The Morgan fingerprint density at radius 2 is 1.63 bits per heavy atom. The number of nitrogens with one attached hydrogen (secondary N) is 1. The molecule has 2 aromatic carbocycles. The van der Waals surface area contributed by atoms with Crippen molar-refractivity contribution in [3.05, 3.63) is 84.1 Å². The lowest BCUT2D eigenvalue weighted by molar-refractivity contribution is 0.601. The van der Waals surface area contributed by atoms with Crippen molar-refractivity contribution in [1.82, 2.24) is 4.98 Å². The Morgan fingerprint density at radius 3 is 2.22 bits per heavy atom. The molecule has 0 saturated carbocycles. The Morgan fingerprint density at radius 1 is 0.926 bits per heavy atom. The number of rotatable bonds is 7. The third-order valence-electron chi connectivity index (χ3n) is 4.33. The van der Waals surface area contributed by atoms with Crippen LogP contribution in [0.25, 0.3) is 0 Å². The molecule has 0 atom stereocenters. The maximum Gasteiger partial charge on any atom is 0.263 e. The lowest BCUT2D eigenvalue weighted by Crippen LogP contribution is -2.17. The second-order valence-corrected chi connectivity index (χ2v) is 8.03. The maximum absolute atomic E-state index is 12.5. The first-order valence-corrected chi connectivity index (χ1v) is 10.3. The van der Waals surface area contributed by atoms with E-state index in [-0.39, 0.29) is 4.90 Å². The highest BCUT2D eigenvalue weighted by atomic mass is 32.2. The summed E-state index contributed by atoms with van der Waals surface area (Å²) < 4.78 is 27.5. The Balaban J connectivity index is 1.69. The minimum Gasteiger partial charge on any atom is -0.369 e. The molecule has 0 unspecified atom stereocenters. The zero-order valence-electron chi connectivity index (χ0n) is 15.5. The monoisotopic (exact) mass is 381 g/mol. The molecular weight excluding hydrogens is 358 g/mol. The minimum atomic E-state index is -3.65. The zero-order valence-corrected chi connectivity index (χ0v) is 16.3. The molecule has 0 radical (unpaired) electrons. The van der Waals surface area contributed by atoms with Gasteiger partial charge in [-0.15, -0.1) is 0 Å². The highest BCUT2D eigenvalue weighted by molar-refractivity contribution is 7.92. The Labute approximate surface area is 160 Å². The second kappa shape index (κ2) is 8.22. The van der Waals surface area contributed by atoms with Crippen molar-refractivity contribution in [2.24, 2.45) is 0 Å². The van der Waals surface area contributed by atoms with Crippen molar-refractivity contribution >= 4 is 21.5 Å². The van der Waals surface area contributed by atoms with Gasteiger partial charge in [0.15, 0.2) is 0 Å². The molecule has 0 saturated heterocycles. The van der Waals surface area contributed by atoms with Crippen LogP contribution in [0.1, 0.15) is 18.1 Å². The van der Waals surface area contributed by atoms with E-state index in [0.717, 1.165) is 24.2 Å². The van der Waals surface area contributed by atoms with E-state index in [1.54, 1.807) is 24.4 Å². The fourth-order valence-corrected chi connectivity index (χ4v) is 3.73. The quantitative estimate of drug-likeness (QED) is 0.670. The van der Waals surface area contributed by atoms with Gasteiger partial charge in [-0.2, -0.15) is 0 Å². The molecule has 0 fully saturated rings. The summed E-state index contributed by atoms with van der Waals surface area (Å²) in [7, 11) is -1.67. The average molecular weight is 382 g/mol. The average Bonchev–Trinajstić information content (AvgIpc) is 2.69. The third kappa shape index (κ3) is 4.86. The van der Waals surface area contributed by atoms with Gasteiger partial charge in [-0.05, 0) is 41.8 Å². The molecule has 1 aromatic heterocycles. The van der Waals surface area contributed by atoms with Gasteiger partial charge in [-0.25, -0.2) is 13.4 Å². The number of hydrogen-bond donors (Lipinski definition) is 1. The molecular formula is C21H23N3O2S. The molecule has 0 aliphatic heterocycles. The standard InChI is InChI=1S/C21H23N3O2S/c1-3-17-9-12-20(13-10-17)27(25,26)23-21-14-11-19(15-22-21)24(2)16-18-7-5-4-6-8-18/h4-15H,3,16H2,1-2H3,(H,22,23). The predicted octanol–water partition coefficient (Wildman–Crippen LogP) is 4.08. The van der Waals surface area contributed by atoms with Gasteiger partial charge in [0.1, 0.15) is 5.82 Å². The number of nitrogens with zero attached hydrogens (tertiary/aromatic N) is 2. The van der Waals surface area contributed by atoms with Gasteiger partial charge in [-0.3, -0.25) is 4.72 Å². The fraction of sp³-hybridized carbons (Fsp3) is 0.190. The summed E-state index contributed by atoms with van der Waals surface area (Å²) in [4.78, 5) is 6.54. The van der Waals surface area contributed by atoms with Crippen molar-refractivity contribution in [3.63, 3.8) is 0 Å². The lowest BCUT2D eigenvalue weighted by Gasteiger charge is -2.19. The van der Waals surface area contributed by atoms with Crippen LogP contribution < -0.4 is 9.62 Å². The summed E-state index contributed by atoms with van der Waals surface area (Å²) in [5.74, 6) is 0.298. The smallest absolute Gasteiger partial charge is 0.263 e. The van der Waals surface area contributed by atoms with Gasteiger partial charge in [0.2, 0.25) is 0 Å². The molecule has 0 aliphatic rings. The number of aryl methyl sites for hydroxylation is 1. The number of benzene rings is 2. The first kappa shape index (κ1) is 18.9. The van der Waals surface area contributed by atoms with E-state index in [4.69, 9.17) is 0 Å². The molecule has 140 valence electrons. The van der Waals surface area contributed by atoms with E-state index < -0.39 is 10.0 Å². The summed E-state index contributed by atoms with van der Waals surface area (Å²) in [5, 5.41) is 0. The van der Waals surface area contributed by atoms with E-state index in [2.05, 4.69) is 26.7 Å². The topological polar surface area (TPSA) is 62.3 Å². The number of pyridine rings is 1. The van der Waals surface area contributed by atoms with E-state index in [0.29, 0.717) is 5.82 Å². The predicted molar refractivity (Wildman–Crippen MR) is 109 cm³/mol. The molecule has 6 heteroatoms. The number of hydrogen-bond acceptors (Lipinski definition) is 4. The molecule has 3 rings (SSSR count). The lowest BCUT2D eigenvalue weighted by atomic mass is 10.2. The molecule has 5 nitrogen and oxygen atoms in total. The third-order valence-corrected chi connectivity index (χ3v) is 5.70. The van der Waals surface area contributed by atoms with Crippen LogP contribution in [0.3, 0.4) is 0 Å². The van der Waals surface area contributed by atoms with E-state index in [1.165, 1.54) is 5.56 Å². The van der Waals surface area contributed by atoms with Crippen molar-refractivity contribution in [1.29, 1.82) is 0 Å². The van der Waals surface area contributed by atoms with E-state index in [9.17, 15) is 8.42 Å². The first-order chi connectivity index (χ1) is 13.0. The molecule has 27 heavy (non-hydrogen) atoms. The van der Waals surface area contributed by atoms with Crippen LogP contribution in [0.15, 0.2) is 77.8 Å². The van der Waals surface area contributed by atoms with Crippen molar-refractivity contribution < 1.29 is 8.42 Å². The molecule has 1 heterocycles. The van der Waals surface area contributed by atoms with Crippen LogP contribution in [-0.4, -0.2) is 20.4 Å². The summed E-state index contributed by atoms with van der Waals surface area (Å²) in [5.41, 5.74) is 3.20. The van der Waals surface area contributed by atoms with E-state index >= 15 is 0 Å². The van der Waals surface area contributed by atoms with Gasteiger partial charge in [-0.1, -0.05) is 49.4 Å². The van der Waals surface area contributed by atoms with Crippen LogP contribution in [0.4, 0.5) is 11.5 Å². The summed E-state index contributed by atoms with van der Waals surface area (Å²) in [6.07, 6.45) is 2.54. The van der Waals surface area contributed by atoms with Crippen LogP contribution >= 0.6 is 0 Å².